The van der Waals surface area contributed by atoms with Gasteiger partial charge in [0.2, 0.25) is 0 Å². The minimum absolute atomic E-state index is 0.0749. The molecule has 2 aliphatic carbocycles. The lowest BCUT2D eigenvalue weighted by molar-refractivity contribution is 0.0915. The first-order chi connectivity index (χ1) is 8.74. The van der Waals surface area contributed by atoms with E-state index < -0.39 is 0 Å². The molecule has 0 spiro atoms. The van der Waals surface area contributed by atoms with Crippen molar-refractivity contribution in [3.05, 3.63) is 35.9 Å². The summed E-state index contributed by atoms with van der Waals surface area (Å²) in [6, 6.07) is 9.84. The van der Waals surface area contributed by atoms with Gasteiger partial charge in [-0.15, -0.1) is 0 Å². The van der Waals surface area contributed by atoms with E-state index >= 15 is 0 Å². The molecule has 0 unspecified atom stereocenters. The molecule has 1 aromatic carbocycles. The number of hydrogen-bond acceptors (Lipinski definition) is 1. The fourth-order valence-electron chi connectivity index (χ4n) is 3.89. The molecule has 1 aromatic rings. The SMILES string of the molecule is C[C@@H](NC(=O)c1ccccc1)[C@H]1C[C@H]2CC[C@H]1C2. The normalized spacial score (nSPS) is 31.3. The van der Waals surface area contributed by atoms with Gasteiger partial charge in [0.1, 0.15) is 0 Å². The molecule has 2 fully saturated rings. The van der Waals surface area contributed by atoms with E-state index in [4.69, 9.17) is 0 Å². The van der Waals surface area contributed by atoms with Crippen molar-refractivity contribution in [3.8, 4) is 0 Å². The van der Waals surface area contributed by atoms with E-state index in [1.807, 2.05) is 30.3 Å². The van der Waals surface area contributed by atoms with E-state index in [0.717, 1.165) is 17.4 Å². The molecule has 0 heterocycles. The first-order valence-corrected chi connectivity index (χ1v) is 7.10. The Morgan fingerprint density at radius 1 is 1.22 bits per heavy atom. The summed E-state index contributed by atoms with van der Waals surface area (Å²) in [4.78, 5) is 12.1. The summed E-state index contributed by atoms with van der Waals surface area (Å²) in [7, 11) is 0. The van der Waals surface area contributed by atoms with Crippen LogP contribution in [0.1, 0.15) is 43.0 Å². The molecule has 0 saturated heterocycles. The van der Waals surface area contributed by atoms with Crippen LogP contribution in [0.2, 0.25) is 0 Å². The maximum Gasteiger partial charge on any atom is 0.251 e. The highest BCUT2D eigenvalue weighted by molar-refractivity contribution is 5.94. The maximum atomic E-state index is 12.1. The number of hydrogen-bond donors (Lipinski definition) is 1. The predicted octanol–water partition coefficient (Wildman–Crippen LogP) is 3.24. The van der Waals surface area contributed by atoms with Crippen molar-refractivity contribution in [3.63, 3.8) is 0 Å². The van der Waals surface area contributed by atoms with E-state index in [2.05, 4.69) is 12.2 Å². The maximum absolute atomic E-state index is 12.1. The summed E-state index contributed by atoms with van der Waals surface area (Å²) in [5, 5.41) is 3.18. The molecule has 2 bridgehead atoms. The van der Waals surface area contributed by atoms with Gasteiger partial charge in [0.25, 0.3) is 5.91 Å². The molecule has 96 valence electrons. The third-order valence-electron chi connectivity index (χ3n) is 4.83. The highest BCUT2D eigenvalue weighted by atomic mass is 16.1. The quantitative estimate of drug-likeness (QED) is 0.867. The first-order valence-electron chi connectivity index (χ1n) is 7.10. The summed E-state index contributed by atoms with van der Waals surface area (Å²) >= 11 is 0. The second-order valence-electron chi connectivity index (χ2n) is 5.97. The van der Waals surface area contributed by atoms with Gasteiger partial charge in [-0.05, 0) is 56.1 Å². The highest BCUT2D eigenvalue weighted by Gasteiger charge is 2.42. The van der Waals surface area contributed by atoms with Gasteiger partial charge in [-0.1, -0.05) is 24.6 Å². The average Bonchev–Trinajstić information content (AvgIpc) is 3.02. The number of amides is 1. The molecule has 1 N–H and O–H groups in total. The van der Waals surface area contributed by atoms with Crippen molar-refractivity contribution in [1.82, 2.24) is 5.32 Å². The third-order valence-corrected chi connectivity index (χ3v) is 4.83. The summed E-state index contributed by atoms with van der Waals surface area (Å²) < 4.78 is 0. The van der Waals surface area contributed by atoms with Gasteiger partial charge in [-0.3, -0.25) is 4.79 Å². The van der Waals surface area contributed by atoms with Crippen molar-refractivity contribution in [1.29, 1.82) is 0 Å². The monoisotopic (exact) mass is 243 g/mol. The third kappa shape index (κ3) is 2.16. The molecular weight excluding hydrogens is 222 g/mol. The van der Waals surface area contributed by atoms with Crippen LogP contribution in [0, 0.1) is 17.8 Å². The second-order valence-corrected chi connectivity index (χ2v) is 5.97. The standard InChI is InChI=1S/C16H21NO/c1-11(15-10-12-7-8-14(15)9-12)17-16(18)13-5-3-2-4-6-13/h2-6,11-12,14-15H,7-10H2,1H3,(H,17,18)/t11-,12+,14+,15-/m1/s1. The number of carbonyl (C=O) groups is 1. The minimum atomic E-state index is 0.0749. The molecule has 0 radical (unpaired) electrons. The summed E-state index contributed by atoms with van der Waals surface area (Å²) in [5.74, 6) is 2.58. The van der Waals surface area contributed by atoms with Crippen molar-refractivity contribution >= 4 is 5.91 Å². The van der Waals surface area contributed by atoms with Gasteiger partial charge in [0.05, 0.1) is 0 Å². The van der Waals surface area contributed by atoms with Crippen LogP contribution in [0.3, 0.4) is 0 Å². The second kappa shape index (κ2) is 4.75. The van der Waals surface area contributed by atoms with Gasteiger partial charge in [-0.2, -0.15) is 0 Å². The molecule has 0 aliphatic heterocycles. The summed E-state index contributed by atoms with van der Waals surface area (Å²) in [6.45, 7) is 2.17. The zero-order valence-electron chi connectivity index (χ0n) is 10.9. The fourth-order valence-corrected chi connectivity index (χ4v) is 3.89. The zero-order chi connectivity index (χ0) is 12.5. The van der Waals surface area contributed by atoms with Gasteiger partial charge < -0.3 is 5.32 Å². The van der Waals surface area contributed by atoms with Crippen LogP contribution in [0.5, 0.6) is 0 Å². The smallest absolute Gasteiger partial charge is 0.251 e. The van der Waals surface area contributed by atoms with Crippen LogP contribution in [0.15, 0.2) is 30.3 Å². The Morgan fingerprint density at radius 3 is 2.61 bits per heavy atom. The van der Waals surface area contributed by atoms with Crippen molar-refractivity contribution < 1.29 is 4.79 Å². The zero-order valence-corrected chi connectivity index (χ0v) is 10.9. The number of nitrogens with one attached hydrogen (secondary N) is 1. The molecule has 2 saturated carbocycles. The summed E-state index contributed by atoms with van der Waals surface area (Å²) in [6.07, 6.45) is 5.51. The van der Waals surface area contributed by atoms with Gasteiger partial charge >= 0.3 is 0 Å². The lowest BCUT2D eigenvalue weighted by Crippen LogP contribution is -2.40. The molecule has 2 heteroatoms. The number of benzene rings is 1. The van der Waals surface area contributed by atoms with Crippen molar-refractivity contribution in [2.24, 2.45) is 17.8 Å². The number of rotatable bonds is 3. The van der Waals surface area contributed by atoms with Gasteiger partial charge in [-0.25, -0.2) is 0 Å². The van der Waals surface area contributed by atoms with E-state index in [1.165, 1.54) is 25.7 Å². The van der Waals surface area contributed by atoms with Crippen LogP contribution < -0.4 is 5.32 Å². The lowest BCUT2D eigenvalue weighted by atomic mass is 9.84. The molecular formula is C16H21NO. The van der Waals surface area contributed by atoms with Crippen molar-refractivity contribution in [2.75, 3.05) is 0 Å². The van der Waals surface area contributed by atoms with Crippen LogP contribution in [-0.4, -0.2) is 11.9 Å². The van der Waals surface area contributed by atoms with Crippen LogP contribution in [0.25, 0.3) is 0 Å². The van der Waals surface area contributed by atoms with Crippen molar-refractivity contribution in [2.45, 2.75) is 38.6 Å². The van der Waals surface area contributed by atoms with Gasteiger partial charge in [0.15, 0.2) is 0 Å². The average molecular weight is 243 g/mol. The Morgan fingerprint density at radius 2 is 2.00 bits per heavy atom. The lowest BCUT2D eigenvalue weighted by Gasteiger charge is -2.28. The topological polar surface area (TPSA) is 29.1 Å². The van der Waals surface area contributed by atoms with E-state index in [0.29, 0.717) is 12.0 Å². The fraction of sp³-hybridized carbons (Fsp3) is 0.562. The molecule has 3 rings (SSSR count). The van der Waals surface area contributed by atoms with Crippen LogP contribution >= 0.6 is 0 Å². The van der Waals surface area contributed by atoms with Gasteiger partial charge in [0, 0.05) is 11.6 Å². The minimum Gasteiger partial charge on any atom is -0.349 e. The van der Waals surface area contributed by atoms with E-state index in [-0.39, 0.29) is 5.91 Å². The van der Waals surface area contributed by atoms with E-state index in [1.54, 1.807) is 0 Å². The Kier molecular flexibility index (Phi) is 3.11. The largest absolute Gasteiger partial charge is 0.349 e. The Hall–Kier alpha value is -1.31. The molecule has 18 heavy (non-hydrogen) atoms. The number of fused-ring (bicyclic) bond motifs is 2. The Bertz CT molecular complexity index is 428. The van der Waals surface area contributed by atoms with Crippen LogP contribution in [0.4, 0.5) is 0 Å². The number of carbonyl (C=O) groups excluding carboxylic acids is 1. The van der Waals surface area contributed by atoms with E-state index in [9.17, 15) is 4.79 Å². The highest BCUT2D eigenvalue weighted by Crippen LogP contribution is 2.49. The predicted molar refractivity (Wildman–Crippen MR) is 72.3 cm³/mol. The molecule has 2 nitrogen and oxygen atoms in total. The molecule has 4 atom stereocenters. The molecule has 2 aliphatic rings. The molecule has 1 amide bonds. The first kappa shape index (κ1) is 11.8. The Balaban J connectivity index is 1.61. The molecule has 0 aromatic heterocycles. The summed E-state index contributed by atoms with van der Waals surface area (Å²) in [5.41, 5.74) is 0.771. The Labute approximate surface area is 109 Å². The van der Waals surface area contributed by atoms with Crippen LogP contribution in [-0.2, 0) is 0 Å².